The zero-order chi connectivity index (χ0) is 13.7. The average Bonchev–Trinajstić information content (AvgIpc) is 2.93. The first-order valence-corrected chi connectivity index (χ1v) is 7.26. The number of thiophene rings is 1. The molecule has 0 saturated carbocycles. The fourth-order valence-corrected chi connectivity index (χ4v) is 2.81. The van der Waals surface area contributed by atoms with E-state index < -0.39 is 0 Å². The Bertz CT molecular complexity index is 501. The van der Waals surface area contributed by atoms with Gasteiger partial charge in [-0.1, -0.05) is 18.8 Å². The summed E-state index contributed by atoms with van der Waals surface area (Å²) >= 11 is 1.42. The van der Waals surface area contributed by atoms with Crippen molar-refractivity contribution in [2.24, 2.45) is 5.73 Å². The molecule has 2 rings (SSSR count). The van der Waals surface area contributed by atoms with Gasteiger partial charge in [-0.3, -0.25) is 4.79 Å². The minimum Gasteiger partial charge on any atom is -0.375 e. The van der Waals surface area contributed by atoms with Crippen LogP contribution >= 0.6 is 11.3 Å². The third kappa shape index (κ3) is 3.57. The molecule has 4 nitrogen and oxygen atoms in total. The first-order valence-electron chi connectivity index (χ1n) is 6.44. The minimum absolute atomic E-state index is 0.0764. The number of hydrogen-bond donors (Lipinski definition) is 1. The van der Waals surface area contributed by atoms with Crippen molar-refractivity contribution >= 4 is 17.2 Å². The van der Waals surface area contributed by atoms with Gasteiger partial charge >= 0.3 is 0 Å². The highest BCUT2D eigenvalue weighted by atomic mass is 32.1. The lowest BCUT2D eigenvalue weighted by molar-refractivity contribution is -0.0224. The van der Waals surface area contributed by atoms with Gasteiger partial charge in [0.1, 0.15) is 0 Å². The SMILES string of the molecule is CCC1CN(C(=O)c2ccc(C#CCN)s2)CCO1. The third-order valence-electron chi connectivity index (χ3n) is 3.01. The van der Waals surface area contributed by atoms with Crippen LogP contribution in [0, 0.1) is 11.8 Å². The van der Waals surface area contributed by atoms with Crippen molar-refractivity contribution in [1.29, 1.82) is 0 Å². The van der Waals surface area contributed by atoms with Gasteiger partial charge in [0.15, 0.2) is 0 Å². The lowest BCUT2D eigenvalue weighted by Gasteiger charge is -2.32. The quantitative estimate of drug-likeness (QED) is 0.830. The van der Waals surface area contributed by atoms with Crippen LogP contribution in [0.3, 0.4) is 0 Å². The Morgan fingerprint density at radius 3 is 3.21 bits per heavy atom. The molecule has 0 aromatic carbocycles. The zero-order valence-corrected chi connectivity index (χ0v) is 11.8. The summed E-state index contributed by atoms with van der Waals surface area (Å²) < 4.78 is 5.57. The van der Waals surface area contributed by atoms with Crippen molar-refractivity contribution in [3.8, 4) is 11.8 Å². The fourth-order valence-electron chi connectivity index (χ4n) is 1.96. The van der Waals surface area contributed by atoms with Crippen molar-refractivity contribution in [2.75, 3.05) is 26.2 Å². The molecule has 0 bridgehead atoms. The Morgan fingerprint density at radius 2 is 2.47 bits per heavy atom. The molecular weight excluding hydrogens is 260 g/mol. The molecule has 1 aliphatic rings. The van der Waals surface area contributed by atoms with Crippen molar-refractivity contribution in [1.82, 2.24) is 4.90 Å². The molecule has 5 heteroatoms. The second-order valence-electron chi connectivity index (χ2n) is 4.32. The predicted molar refractivity (Wildman–Crippen MR) is 76.2 cm³/mol. The largest absolute Gasteiger partial charge is 0.375 e. The van der Waals surface area contributed by atoms with E-state index in [1.165, 1.54) is 11.3 Å². The van der Waals surface area contributed by atoms with E-state index in [1.54, 1.807) is 0 Å². The van der Waals surface area contributed by atoms with E-state index >= 15 is 0 Å². The second-order valence-corrected chi connectivity index (χ2v) is 5.41. The van der Waals surface area contributed by atoms with Gasteiger partial charge in [0.2, 0.25) is 0 Å². The monoisotopic (exact) mass is 278 g/mol. The predicted octanol–water partition coefficient (Wildman–Crippen LogP) is 1.31. The van der Waals surface area contributed by atoms with Gasteiger partial charge < -0.3 is 15.4 Å². The zero-order valence-electron chi connectivity index (χ0n) is 11.0. The van der Waals surface area contributed by atoms with Crippen molar-refractivity contribution in [3.63, 3.8) is 0 Å². The summed E-state index contributed by atoms with van der Waals surface area (Å²) in [5, 5.41) is 0. The van der Waals surface area contributed by atoms with Gasteiger partial charge in [-0.15, -0.1) is 11.3 Å². The summed E-state index contributed by atoms with van der Waals surface area (Å²) in [5.74, 6) is 5.82. The Hall–Kier alpha value is -1.35. The maximum absolute atomic E-state index is 12.4. The number of nitrogens with zero attached hydrogens (tertiary/aromatic N) is 1. The van der Waals surface area contributed by atoms with Gasteiger partial charge in [-0.2, -0.15) is 0 Å². The van der Waals surface area contributed by atoms with E-state index in [4.69, 9.17) is 10.5 Å². The molecule has 19 heavy (non-hydrogen) atoms. The number of carbonyl (C=O) groups excluding carboxylic acids is 1. The van der Waals surface area contributed by atoms with Gasteiger partial charge in [0.05, 0.1) is 29.0 Å². The first kappa shape index (κ1) is 14.1. The first-order chi connectivity index (χ1) is 9.24. The van der Waals surface area contributed by atoms with E-state index in [-0.39, 0.29) is 12.0 Å². The van der Waals surface area contributed by atoms with Gasteiger partial charge in [-0.25, -0.2) is 0 Å². The number of rotatable bonds is 2. The van der Waals surface area contributed by atoms with Crippen LogP contribution in [0.2, 0.25) is 0 Å². The highest BCUT2D eigenvalue weighted by molar-refractivity contribution is 7.14. The van der Waals surface area contributed by atoms with Gasteiger partial charge in [0, 0.05) is 13.1 Å². The molecule has 0 radical (unpaired) electrons. The van der Waals surface area contributed by atoms with E-state index in [0.717, 1.165) is 16.2 Å². The smallest absolute Gasteiger partial charge is 0.264 e. The van der Waals surface area contributed by atoms with E-state index in [1.807, 2.05) is 17.0 Å². The number of amides is 1. The van der Waals surface area contributed by atoms with E-state index in [0.29, 0.717) is 26.2 Å². The molecule has 102 valence electrons. The van der Waals surface area contributed by atoms with E-state index in [2.05, 4.69) is 18.8 Å². The van der Waals surface area contributed by atoms with Crippen LogP contribution in [-0.2, 0) is 4.74 Å². The van der Waals surface area contributed by atoms with Crippen molar-refractivity contribution in [2.45, 2.75) is 19.4 Å². The lowest BCUT2D eigenvalue weighted by atomic mass is 10.2. The van der Waals surface area contributed by atoms with Crippen LogP contribution in [0.4, 0.5) is 0 Å². The summed E-state index contributed by atoms with van der Waals surface area (Å²) in [6.07, 6.45) is 1.09. The fraction of sp³-hybridized carbons (Fsp3) is 0.500. The third-order valence-corrected chi connectivity index (χ3v) is 4.00. The van der Waals surface area contributed by atoms with Crippen LogP contribution < -0.4 is 5.73 Å². The number of hydrogen-bond acceptors (Lipinski definition) is 4. The highest BCUT2D eigenvalue weighted by Gasteiger charge is 2.24. The molecule has 0 aliphatic carbocycles. The number of carbonyl (C=O) groups is 1. The highest BCUT2D eigenvalue weighted by Crippen LogP contribution is 2.19. The number of nitrogens with two attached hydrogens (primary N) is 1. The molecule has 1 aliphatic heterocycles. The Labute approximate surface area is 117 Å². The summed E-state index contributed by atoms with van der Waals surface area (Å²) in [4.78, 5) is 15.8. The molecule has 1 aromatic rings. The molecule has 1 saturated heterocycles. The van der Waals surface area contributed by atoms with E-state index in [9.17, 15) is 4.79 Å². The summed E-state index contributed by atoms with van der Waals surface area (Å²) in [5.41, 5.74) is 5.33. The standard InChI is InChI=1S/C14H18N2O2S/c1-2-11-10-16(8-9-18-11)14(17)13-6-5-12(19-13)4-3-7-15/h5-6,11H,2,7-10,15H2,1H3. The van der Waals surface area contributed by atoms with Gasteiger partial charge in [-0.05, 0) is 18.6 Å². The summed E-state index contributed by atoms with van der Waals surface area (Å²) in [6.45, 7) is 4.37. The van der Waals surface area contributed by atoms with Crippen LogP contribution in [0.15, 0.2) is 12.1 Å². The molecule has 2 N–H and O–H groups in total. The molecule has 0 spiro atoms. The van der Waals surface area contributed by atoms with Crippen molar-refractivity contribution in [3.05, 3.63) is 21.9 Å². The van der Waals surface area contributed by atoms with Crippen LogP contribution in [0.25, 0.3) is 0 Å². The maximum Gasteiger partial charge on any atom is 0.264 e. The topological polar surface area (TPSA) is 55.6 Å². The van der Waals surface area contributed by atoms with Crippen LogP contribution in [0.5, 0.6) is 0 Å². The Morgan fingerprint density at radius 1 is 1.63 bits per heavy atom. The molecule has 1 aromatic heterocycles. The molecule has 1 atom stereocenters. The lowest BCUT2D eigenvalue weighted by Crippen LogP contribution is -2.45. The maximum atomic E-state index is 12.4. The van der Waals surface area contributed by atoms with Gasteiger partial charge in [0.25, 0.3) is 5.91 Å². The molecular formula is C14H18N2O2S. The number of morpholine rings is 1. The van der Waals surface area contributed by atoms with Crippen molar-refractivity contribution < 1.29 is 9.53 Å². The average molecular weight is 278 g/mol. The minimum atomic E-state index is 0.0764. The van der Waals surface area contributed by atoms with Crippen LogP contribution in [-0.4, -0.2) is 43.2 Å². The molecule has 2 heterocycles. The van der Waals surface area contributed by atoms with Crippen LogP contribution in [0.1, 0.15) is 27.9 Å². The molecule has 1 unspecified atom stereocenters. The molecule has 1 amide bonds. The summed E-state index contributed by atoms with van der Waals surface area (Å²) in [6, 6.07) is 3.71. The number of ether oxygens (including phenoxy) is 1. The summed E-state index contributed by atoms with van der Waals surface area (Å²) in [7, 11) is 0. The molecule has 1 fully saturated rings. The Balaban J connectivity index is 2.04. The second kappa shape index (κ2) is 6.71. The normalized spacial score (nSPS) is 18.8. The Kier molecular flexibility index (Phi) is 4.97.